The number of halogens is 3. The van der Waals surface area contributed by atoms with E-state index in [1.54, 1.807) is 5.38 Å². The van der Waals surface area contributed by atoms with E-state index in [-0.39, 0.29) is 18.2 Å². The van der Waals surface area contributed by atoms with E-state index in [0.717, 1.165) is 40.9 Å². The molecule has 0 saturated carbocycles. The van der Waals surface area contributed by atoms with Gasteiger partial charge in [-0.2, -0.15) is 0 Å². The maximum absolute atomic E-state index is 13.0. The summed E-state index contributed by atoms with van der Waals surface area (Å²) in [5, 5.41) is 4.62. The van der Waals surface area contributed by atoms with Crippen LogP contribution < -0.4 is 20.6 Å². The Bertz CT molecular complexity index is 1180. The Morgan fingerprint density at radius 2 is 1.77 bits per heavy atom. The number of alkyl halides is 3. The van der Waals surface area contributed by atoms with Crippen molar-refractivity contribution in [1.82, 2.24) is 9.88 Å². The minimum Gasteiger partial charge on any atom is -0.406 e. The van der Waals surface area contributed by atoms with Crippen molar-refractivity contribution < 1.29 is 22.7 Å². The molecule has 35 heavy (non-hydrogen) atoms. The summed E-state index contributed by atoms with van der Waals surface area (Å²) in [6.45, 7) is 5.44. The lowest BCUT2D eigenvalue weighted by molar-refractivity contribution is -0.274. The number of nitrogens with one attached hydrogen (secondary N) is 1. The first kappa shape index (κ1) is 26.5. The fourth-order valence-electron chi connectivity index (χ4n) is 3.62. The lowest BCUT2D eigenvalue weighted by Crippen LogP contribution is -2.28. The molecule has 2 aromatic carbocycles. The molecule has 0 atom stereocenters. The summed E-state index contributed by atoms with van der Waals surface area (Å²) >= 11 is 1.39. The Kier molecular flexibility index (Phi) is 9.11. The molecule has 6 nitrogen and oxygen atoms in total. The lowest BCUT2D eigenvalue weighted by atomic mass is 10.1. The van der Waals surface area contributed by atoms with Gasteiger partial charge in [0.05, 0.1) is 5.69 Å². The number of benzene rings is 2. The number of aryl methyl sites for hydroxylation is 2. The standard InChI is InChI=1S/C25H29F3N4O2S/c1-17-12-18(2)14-20(13-17)31-24-32(11-5-3-4-10-29)22(16-35-24)23(33)30-15-19-6-8-21(9-7-19)34-25(26,27)28/h6-9,12-14,16H,3-5,10-11,15,29H2,1-2H3,(H,30,33). The van der Waals surface area contributed by atoms with Crippen molar-refractivity contribution in [2.24, 2.45) is 10.7 Å². The Hall–Kier alpha value is -3.11. The second-order valence-corrected chi connectivity index (χ2v) is 9.07. The van der Waals surface area contributed by atoms with Crippen LogP contribution in [-0.4, -0.2) is 23.4 Å². The average Bonchev–Trinajstić information content (AvgIpc) is 3.16. The molecular formula is C25H29F3N4O2S. The van der Waals surface area contributed by atoms with Gasteiger partial charge in [-0.3, -0.25) is 4.79 Å². The maximum atomic E-state index is 13.0. The van der Waals surface area contributed by atoms with Crippen molar-refractivity contribution in [2.45, 2.75) is 52.6 Å². The molecule has 0 bridgehead atoms. The maximum Gasteiger partial charge on any atom is 0.573 e. The Morgan fingerprint density at radius 3 is 2.40 bits per heavy atom. The van der Waals surface area contributed by atoms with Crippen LogP contribution >= 0.6 is 11.3 Å². The van der Waals surface area contributed by atoms with Gasteiger partial charge in [0.25, 0.3) is 5.91 Å². The number of unbranched alkanes of at least 4 members (excludes halogenated alkanes) is 2. The minimum absolute atomic E-state index is 0.164. The van der Waals surface area contributed by atoms with Gasteiger partial charge >= 0.3 is 6.36 Å². The zero-order valence-electron chi connectivity index (χ0n) is 19.7. The number of carbonyl (C=O) groups excluding carboxylic acids is 1. The second kappa shape index (κ2) is 12.0. The number of thiazole rings is 1. The van der Waals surface area contributed by atoms with Gasteiger partial charge in [0.2, 0.25) is 0 Å². The molecule has 3 aromatic rings. The summed E-state index contributed by atoms with van der Waals surface area (Å²) in [5.41, 5.74) is 9.80. The summed E-state index contributed by atoms with van der Waals surface area (Å²) in [5.74, 6) is -0.587. The van der Waals surface area contributed by atoms with Crippen LogP contribution in [-0.2, 0) is 13.1 Å². The highest BCUT2D eigenvalue weighted by Gasteiger charge is 2.30. The zero-order valence-corrected chi connectivity index (χ0v) is 20.5. The summed E-state index contributed by atoms with van der Waals surface area (Å²) in [6.07, 6.45) is -2.04. The summed E-state index contributed by atoms with van der Waals surface area (Å²) in [7, 11) is 0. The fraction of sp³-hybridized carbons (Fsp3) is 0.360. The van der Waals surface area contributed by atoms with E-state index in [1.165, 1.54) is 35.6 Å². The highest BCUT2D eigenvalue weighted by atomic mass is 32.1. The lowest BCUT2D eigenvalue weighted by Gasteiger charge is -2.11. The predicted octanol–water partition coefficient (Wildman–Crippen LogP) is 5.36. The Labute approximate surface area is 206 Å². The molecule has 1 heterocycles. The summed E-state index contributed by atoms with van der Waals surface area (Å²) in [6, 6.07) is 11.5. The van der Waals surface area contributed by atoms with E-state index in [9.17, 15) is 18.0 Å². The third-order valence-corrected chi connectivity index (χ3v) is 6.02. The number of ether oxygens (including phenoxy) is 1. The molecule has 3 N–H and O–H groups in total. The van der Waals surface area contributed by atoms with Gasteiger partial charge in [-0.1, -0.05) is 24.6 Å². The third-order valence-electron chi connectivity index (χ3n) is 5.16. The first-order chi connectivity index (χ1) is 16.6. The van der Waals surface area contributed by atoms with E-state index < -0.39 is 6.36 Å². The molecule has 188 valence electrons. The molecule has 10 heteroatoms. The number of rotatable bonds is 10. The SMILES string of the molecule is Cc1cc(C)cc(N=c2scc(C(=O)NCc3ccc(OC(F)(F)F)cc3)n2CCCCCN)c1. The molecule has 0 unspecified atom stereocenters. The number of hydrogen-bond donors (Lipinski definition) is 2. The zero-order chi connectivity index (χ0) is 25.4. The van der Waals surface area contributed by atoms with Crippen LogP contribution in [0.1, 0.15) is 46.4 Å². The normalized spacial score (nSPS) is 12.1. The summed E-state index contributed by atoms with van der Waals surface area (Å²) < 4.78 is 42.8. The third kappa shape index (κ3) is 8.25. The van der Waals surface area contributed by atoms with E-state index in [2.05, 4.69) is 16.1 Å². The predicted molar refractivity (Wildman–Crippen MR) is 131 cm³/mol. The number of amides is 1. The highest BCUT2D eigenvalue weighted by molar-refractivity contribution is 7.07. The van der Waals surface area contributed by atoms with Crippen LogP contribution in [0.15, 0.2) is 52.8 Å². The topological polar surface area (TPSA) is 81.6 Å². The van der Waals surface area contributed by atoms with Crippen LogP contribution in [0.3, 0.4) is 0 Å². The number of nitrogens with zero attached hydrogens (tertiary/aromatic N) is 2. The molecule has 1 amide bonds. The monoisotopic (exact) mass is 506 g/mol. The molecule has 0 spiro atoms. The molecular weight excluding hydrogens is 477 g/mol. The van der Waals surface area contributed by atoms with E-state index >= 15 is 0 Å². The van der Waals surface area contributed by atoms with Crippen molar-refractivity contribution in [2.75, 3.05) is 6.54 Å². The highest BCUT2D eigenvalue weighted by Crippen LogP contribution is 2.23. The van der Waals surface area contributed by atoms with Crippen LogP contribution in [0.4, 0.5) is 18.9 Å². The largest absolute Gasteiger partial charge is 0.573 e. The number of nitrogens with two attached hydrogens (primary N) is 1. The first-order valence-electron chi connectivity index (χ1n) is 11.3. The van der Waals surface area contributed by atoms with Crippen molar-refractivity contribution in [3.8, 4) is 5.75 Å². The second-order valence-electron chi connectivity index (χ2n) is 8.24. The van der Waals surface area contributed by atoms with E-state index in [4.69, 9.17) is 10.7 Å². The van der Waals surface area contributed by atoms with Gasteiger partial charge in [-0.25, -0.2) is 4.99 Å². The molecule has 1 aromatic heterocycles. The van der Waals surface area contributed by atoms with E-state index in [1.807, 2.05) is 30.5 Å². The minimum atomic E-state index is -4.74. The Balaban J connectivity index is 1.78. The quantitative estimate of drug-likeness (QED) is 0.364. The average molecular weight is 507 g/mol. The van der Waals surface area contributed by atoms with Crippen LogP contribution in [0.2, 0.25) is 0 Å². The van der Waals surface area contributed by atoms with Crippen LogP contribution in [0.25, 0.3) is 0 Å². The van der Waals surface area contributed by atoms with Gasteiger partial charge in [0.1, 0.15) is 11.4 Å². The van der Waals surface area contributed by atoms with Gasteiger partial charge in [0, 0.05) is 18.5 Å². The number of aromatic nitrogens is 1. The Morgan fingerprint density at radius 1 is 1.09 bits per heavy atom. The van der Waals surface area contributed by atoms with Crippen molar-refractivity contribution >= 4 is 22.9 Å². The van der Waals surface area contributed by atoms with Crippen molar-refractivity contribution in [3.63, 3.8) is 0 Å². The molecule has 0 aliphatic carbocycles. The molecule has 0 aliphatic rings. The van der Waals surface area contributed by atoms with Gasteiger partial charge < -0.3 is 20.4 Å². The smallest absolute Gasteiger partial charge is 0.406 e. The molecule has 0 aliphatic heterocycles. The van der Waals surface area contributed by atoms with Crippen molar-refractivity contribution in [1.29, 1.82) is 0 Å². The first-order valence-corrected chi connectivity index (χ1v) is 12.2. The molecule has 3 rings (SSSR count). The van der Waals surface area contributed by atoms with Gasteiger partial charge in [0.15, 0.2) is 4.80 Å². The number of carbonyl (C=O) groups is 1. The van der Waals surface area contributed by atoms with E-state index in [0.29, 0.717) is 24.3 Å². The van der Waals surface area contributed by atoms with Crippen molar-refractivity contribution in [3.05, 3.63) is 75.0 Å². The van der Waals surface area contributed by atoms with Gasteiger partial charge in [-0.05, 0) is 74.2 Å². The van der Waals surface area contributed by atoms with Crippen LogP contribution in [0.5, 0.6) is 5.75 Å². The molecule has 0 saturated heterocycles. The molecule has 0 radical (unpaired) electrons. The van der Waals surface area contributed by atoms with Crippen LogP contribution in [0, 0.1) is 13.8 Å². The summed E-state index contributed by atoms with van der Waals surface area (Å²) in [4.78, 5) is 18.5. The van der Waals surface area contributed by atoms with Gasteiger partial charge in [-0.15, -0.1) is 24.5 Å². The number of hydrogen-bond acceptors (Lipinski definition) is 5. The molecule has 0 fully saturated rings. The fourth-order valence-corrected chi connectivity index (χ4v) is 4.54.